The summed E-state index contributed by atoms with van der Waals surface area (Å²) in [6.45, 7) is 2.51. The summed E-state index contributed by atoms with van der Waals surface area (Å²) in [4.78, 5) is 12.0. The van der Waals surface area contributed by atoms with Gasteiger partial charge in [0.15, 0.2) is 0 Å². The average molecular weight is 234 g/mol. The van der Waals surface area contributed by atoms with Crippen molar-refractivity contribution in [1.29, 1.82) is 0 Å². The largest absolute Gasteiger partial charge is 0.383 e. The molecule has 0 heterocycles. The van der Waals surface area contributed by atoms with E-state index in [9.17, 15) is 4.79 Å². The molecule has 1 aliphatic carbocycles. The Hall–Kier alpha value is -0.280. The van der Waals surface area contributed by atoms with Crippen LogP contribution < -0.4 is 5.32 Å². The molecule has 1 fully saturated rings. The molecule has 1 saturated carbocycles. The highest BCUT2D eigenvalue weighted by Crippen LogP contribution is 2.37. The van der Waals surface area contributed by atoms with Gasteiger partial charge in [0.05, 0.1) is 12.6 Å². The molecule has 0 radical (unpaired) electrons. The van der Waals surface area contributed by atoms with Crippen LogP contribution in [-0.4, -0.2) is 31.5 Å². The lowest BCUT2D eigenvalue weighted by atomic mass is 9.87. The van der Waals surface area contributed by atoms with E-state index in [4.69, 9.17) is 16.3 Å². The summed E-state index contributed by atoms with van der Waals surface area (Å²) in [5.41, 5.74) is -0.182. The highest BCUT2D eigenvalue weighted by Gasteiger charge is 2.36. The predicted octanol–water partition coefficient (Wildman–Crippen LogP) is 1.94. The van der Waals surface area contributed by atoms with E-state index in [0.29, 0.717) is 12.5 Å². The van der Waals surface area contributed by atoms with Crippen LogP contribution in [0.1, 0.15) is 32.6 Å². The number of alkyl halides is 1. The molecule has 4 heteroatoms. The summed E-state index contributed by atoms with van der Waals surface area (Å²) in [7, 11) is 1.61. The molecule has 1 aliphatic rings. The minimum Gasteiger partial charge on any atom is -0.383 e. The smallest absolute Gasteiger partial charge is 0.226 e. The standard InChI is InChI=1S/C11H20ClNO2/c1-11(5-3-4-6-11)10(14)13-9(7-12)8-15-2/h9H,3-8H2,1-2H3,(H,13,14). The van der Waals surface area contributed by atoms with Gasteiger partial charge >= 0.3 is 0 Å². The molecule has 88 valence electrons. The lowest BCUT2D eigenvalue weighted by Gasteiger charge is -2.25. The third-order valence-corrected chi connectivity index (χ3v) is 3.52. The van der Waals surface area contributed by atoms with Crippen molar-refractivity contribution in [2.75, 3.05) is 19.6 Å². The number of carbonyl (C=O) groups excluding carboxylic acids is 1. The van der Waals surface area contributed by atoms with E-state index in [1.54, 1.807) is 7.11 Å². The Morgan fingerprint density at radius 1 is 1.53 bits per heavy atom. The Morgan fingerprint density at radius 2 is 2.13 bits per heavy atom. The SMILES string of the molecule is COCC(CCl)NC(=O)C1(C)CCCC1. The third kappa shape index (κ3) is 3.35. The summed E-state index contributed by atoms with van der Waals surface area (Å²) >= 11 is 5.75. The fourth-order valence-corrected chi connectivity index (χ4v) is 2.23. The first-order valence-electron chi connectivity index (χ1n) is 5.48. The number of hydrogen-bond acceptors (Lipinski definition) is 2. The van der Waals surface area contributed by atoms with Gasteiger partial charge in [0.1, 0.15) is 0 Å². The molecule has 3 nitrogen and oxygen atoms in total. The molecule has 0 aromatic carbocycles. The second-order valence-corrected chi connectivity index (χ2v) is 4.86. The van der Waals surface area contributed by atoms with Crippen LogP contribution in [0, 0.1) is 5.41 Å². The molecule has 1 rings (SSSR count). The fourth-order valence-electron chi connectivity index (χ4n) is 2.07. The first-order valence-corrected chi connectivity index (χ1v) is 6.02. The first-order chi connectivity index (χ1) is 7.12. The van der Waals surface area contributed by atoms with Crippen LogP contribution in [0.4, 0.5) is 0 Å². The molecule has 0 aromatic heterocycles. The zero-order valence-electron chi connectivity index (χ0n) is 9.51. The number of methoxy groups -OCH3 is 1. The van der Waals surface area contributed by atoms with Gasteiger partial charge in [-0.2, -0.15) is 0 Å². The molecule has 0 aromatic rings. The maximum Gasteiger partial charge on any atom is 0.226 e. The molecule has 1 N–H and O–H groups in total. The molecule has 1 amide bonds. The monoisotopic (exact) mass is 233 g/mol. The van der Waals surface area contributed by atoms with E-state index in [2.05, 4.69) is 5.32 Å². The van der Waals surface area contributed by atoms with Crippen LogP contribution in [0.2, 0.25) is 0 Å². The van der Waals surface area contributed by atoms with E-state index >= 15 is 0 Å². The van der Waals surface area contributed by atoms with Crippen molar-refractivity contribution in [2.45, 2.75) is 38.6 Å². The highest BCUT2D eigenvalue weighted by atomic mass is 35.5. The summed E-state index contributed by atoms with van der Waals surface area (Å²) in [5.74, 6) is 0.526. The Kier molecular flexibility index (Phi) is 4.87. The average Bonchev–Trinajstić information content (AvgIpc) is 2.65. The number of carbonyl (C=O) groups is 1. The summed E-state index contributed by atoms with van der Waals surface area (Å²) < 4.78 is 4.99. The van der Waals surface area contributed by atoms with E-state index in [0.717, 1.165) is 25.7 Å². The van der Waals surface area contributed by atoms with Gasteiger partial charge in [-0.3, -0.25) is 4.79 Å². The maximum absolute atomic E-state index is 12.0. The van der Waals surface area contributed by atoms with Gasteiger partial charge in [-0.1, -0.05) is 19.8 Å². The highest BCUT2D eigenvalue weighted by molar-refractivity contribution is 6.18. The first kappa shape index (κ1) is 12.8. The lowest BCUT2D eigenvalue weighted by Crippen LogP contribution is -2.45. The quantitative estimate of drug-likeness (QED) is 0.737. The van der Waals surface area contributed by atoms with E-state index < -0.39 is 0 Å². The summed E-state index contributed by atoms with van der Waals surface area (Å²) in [6.07, 6.45) is 4.28. The number of nitrogens with one attached hydrogen (secondary N) is 1. The predicted molar refractivity (Wildman–Crippen MR) is 61.1 cm³/mol. The van der Waals surface area contributed by atoms with Gasteiger partial charge in [-0.25, -0.2) is 0 Å². The Balaban J connectivity index is 2.45. The third-order valence-electron chi connectivity index (χ3n) is 3.14. The molecule has 0 bridgehead atoms. The minimum atomic E-state index is -0.182. The Labute approximate surface area is 96.5 Å². The summed E-state index contributed by atoms with van der Waals surface area (Å²) in [6, 6.07) is -0.0680. The van der Waals surface area contributed by atoms with Gasteiger partial charge in [-0.15, -0.1) is 11.6 Å². The van der Waals surface area contributed by atoms with Crippen LogP contribution >= 0.6 is 11.6 Å². The van der Waals surface area contributed by atoms with Crippen molar-refractivity contribution in [3.63, 3.8) is 0 Å². The van der Waals surface area contributed by atoms with Crippen molar-refractivity contribution < 1.29 is 9.53 Å². The number of amides is 1. The molecule has 15 heavy (non-hydrogen) atoms. The van der Waals surface area contributed by atoms with Gasteiger partial charge < -0.3 is 10.1 Å². The second-order valence-electron chi connectivity index (χ2n) is 4.55. The van der Waals surface area contributed by atoms with Crippen LogP contribution in [0.3, 0.4) is 0 Å². The van der Waals surface area contributed by atoms with E-state index in [-0.39, 0.29) is 17.4 Å². The number of hydrogen-bond donors (Lipinski definition) is 1. The number of halogens is 1. The van der Waals surface area contributed by atoms with Crippen molar-refractivity contribution in [3.8, 4) is 0 Å². The van der Waals surface area contributed by atoms with Gasteiger partial charge in [0.2, 0.25) is 5.91 Å². The van der Waals surface area contributed by atoms with Crippen LogP contribution in [0.25, 0.3) is 0 Å². The van der Waals surface area contributed by atoms with Gasteiger partial charge in [0, 0.05) is 18.4 Å². The Morgan fingerprint density at radius 3 is 2.60 bits per heavy atom. The number of ether oxygens (including phenoxy) is 1. The summed E-state index contributed by atoms with van der Waals surface area (Å²) in [5, 5.41) is 2.95. The van der Waals surface area contributed by atoms with E-state index in [1.165, 1.54) is 0 Å². The van der Waals surface area contributed by atoms with Crippen LogP contribution in [0.15, 0.2) is 0 Å². The maximum atomic E-state index is 12.0. The van der Waals surface area contributed by atoms with Gasteiger partial charge in [-0.05, 0) is 12.8 Å². The minimum absolute atomic E-state index is 0.0680. The second kappa shape index (κ2) is 5.71. The normalized spacial score (nSPS) is 21.3. The molecule has 1 atom stereocenters. The molecule has 0 aliphatic heterocycles. The van der Waals surface area contributed by atoms with Crippen LogP contribution in [-0.2, 0) is 9.53 Å². The molecule has 1 unspecified atom stereocenters. The van der Waals surface area contributed by atoms with Gasteiger partial charge in [0.25, 0.3) is 0 Å². The zero-order chi connectivity index (χ0) is 11.3. The van der Waals surface area contributed by atoms with E-state index in [1.807, 2.05) is 6.92 Å². The number of rotatable bonds is 5. The fraction of sp³-hybridized carbons (Fsp3) is 0.909. The van der Waals surface area contributed by atoms with Crippen LogP contribution in [0.5, 0.6) is 0 Å². The van der Waals surface area contributed by atoms with Crippen molar-refractivity contribution in [1.82, 2.24) is 5.32 Å². The van der Waals surface area contributed by atoms with Crippen molar-refractivity contribution in [3.05, 3.63) is 0 Å². The lowest BCUT2D eigenvalue weighted by molar-refractivity contribution is -0.130. The molecular weight excluding hydrogens is 214 g/mol. The molecule has 0 saturated heterocycles. The topological polar surface area (TPSA) is 38.3 Å². The Bertz CT molecular complexity index is 215. The van der Waals surface area contributed by atoms with Crippen molar-refractivity contribution >= 4 is 17.5 Å². The molecular formula is C11H20ClNO2. The molecule has 0 spiro atoms. The zero-order valence-corrected chi connectivity index (χ0v) is 10.3. The van der Waals surface area contributed by atoms with Crippen molar-refractivity contribution in [2.24, 2.45) is 5.41 Å².